The van der Waals surface area contributed by atoms with Gasteiger partial charge >= 0.3 is 0 Å². The number of furan rings is 1. The van der Waals surface area contributed by atoms with Crippen LogP contribution in [0.15, 0.2) is 35.0 Å². The maximum Gasteiger partial charge on any atom is 0.287 e. The van der Waals surface area contributed by atoms with E-state index in [2.05, 4.69) is 10.3 Å². The Balaban J connectivity index is 1.80. The van der Waals surface area contributed by atoms with Gasteiger partial charge < -0.3 is 24.7 Å². The fourth-order valence-corrected chi connectivity index (χ4v) is 2.89. The topological polar surface area (TPSA) is 105 Å². The number of amides is 1. The second kappa shape index (κ2) is 7.02. The second-order valence-electron chi connectivity index (χ2n) is 5.92. The zero-order valence-corrected chi connectivity index (χ0v) is 13.3. The lowest BCUT2D eigenvalue weighted by molar-refractivity contribution is 0.0231. The smallest absolute Gasteiger partial charge is 0.287 e. The second-order valence-corrected chi connectivity index (χ2v) is 5.92. The Morgan fingerprint density at radius 1 is 1.46 bits per heavy atom. The standard InChI is InChI=1S/C17H20N2O5/c1-23-14-6-11(7-18-8-14)16(10-4-12(21)5-10)19-17(22)15-3-2-13(9-20)24-15/h2-3,6-8,10,12,16,20-21H,4-5,9H2,1H3,(H,19,22)/t10?,12?,16-/m1/s1. The van der Waals surface area contributed by atoms with Crippen molar-refractivity contribution in [3.63, 3.8) is 0 Å². The summed E-state index contributed by atoms with van der Waals surface area (Å²) in [5, 5.41) is 21.6. The average Bonchev–Trinajstić information content (AvgIpc) is 3.06. The maximum absolute atomic E-state index is 12.4. The molecule has 1 aliphatic rings. The minimum Gasteiger partial charge on any atom is -0.495 e. The summed E-state index contributed by atoms with van der Waals surface area (Å²) in [5.41, 5.74) is 0.813. The molecule has 7 heteroatoms. The van der Waals surface area contributed by atoms with Gasteiger partial charge in [-0.2, -0.15) is 0 Å². The van der Waals surface area contributed by atoms with E-state index in [9.17, 15) is 9.90 Å². The number of aromatic nitrogens is 1. The van der Waals surface area contributed by atoms with Crippen molar-refractivity contribution in [2.45, 2.75) is 31.6 Å². The van der Waals surface area contributed by atoms with E-state index < -0.39 is 0 Å². The lowest BCUT2D eigenvalue weighted by Gasteiger charge is -2.38. The summed E-state index contributed by atoms with van der Waals surface area (Å²) < 4.78 is 10.5. The highest BCUT2D eigenvalue weighted by atomic mass is 16.5. The van der Waals surface area contributed by atoms with Crippen molar-refractivity contribution in [1.82, 2.24) is 10.3 Å². The Hall–Kier alpha value is -2.38. The molecule has 0 saturated heterocycles. The summed E-state index contributed by atoms with van der Waals surface area (Å²) in [6.07, 6.45) is 4.17. The maximum atomic E-state index is 12.4. The van der Waals surface area contributed by atoms with Crippen LogP contribution in [0, 0.1) is 5.92 Å². The molecule has 3 rings (SSSR count). The molecule has 1 amide bonds. The van der Waals surface area contributed by atoms with Crippen molar-refractivity contribution in [2.75, 3.05) is 7.11 Å². The molecule has 2 aromatic rings. The number of carbonyl (C=O) groups is 1. The quantitative estimate of drug-likeness (QED) is 0.739. The molecule has 0 aromatic carbocycles. The van der Waals surface area contributed by atoms with Gasteiger partial charge in [-0.3, -0.25) is 9.78 Å². The average molecular weight is 332 g/mol. The van der Waals surface area contributed by atoms with Crippen LogP contribution >= 0.6 is 0 Å². The first-order valence-corrected chi connectivity index (χ1v) is 7.78. The Morgan fingerprint density at radius 3 is 2.88 bits per heavy atom. The number of carbonyl (C=O) groups excluding carboxylic acids is 1. The van der Waals surface area contributed by atoms with E-state index in [1.54, 1.807) is 25.6 Å². The van der Waals surface area contributed by atoms with E-state index in [0.29, 0.717) is 24.4 Å². The Kier molecular flexibility index (Phi) is 4.82. The van der Waals surface area contributed by atoms with Crippen molar-refractivity contribution in [3.05, 3.63) is 47.7 Å². The van der Waals surface area contributed by atoms with Gasteiger partial charge in [0.1, 0.15) is 18.1 Å². The summed E-state index contributed by atoms with van der Waals surface area (Å²) in [4.78, 5) is 16.6. The van der Waals surface area contributed by atoms with Crippen LogP contribution in [-0.4, -0.2) is 34.3 Å². The van der Waals surface area contributed by atoms with E-state index in [1.807, 2.05) is 6.07 Å². The summed E-state index contributed by atoms with van der Waals surface area (Å²) >= 11 is 0. The number of nitrogens with one attached hydrogen (secondary N) is 1. The van der Waals surface area contributed by atoms with Gasteiger partial charge in [0.2, 0.25) is 0 Å². The third-order valence-electron chi connectivity index (χ3n) is 4.28. The van der Waals surface area contributed by atoms with Crippen molar-refractivity contribution in [2.24, 2.45) is 5.92 Å². The molecular weight excluding hydrogens is 312 g/mol. The fourth-order valence-electron chi connectivity index (χ4n) is 2.89. The molecule has 0 unspecified atom stereocenters. The predicted molar refractivity (Wildman–Crippen MR) is 84.4 cm³/mol. The lowest BCUT2D eigenvalue weighted by atomic mass is 9.75. The van der Waals surface area contributed by atoms with Gasteiger partial charge in [0.15, 0.2) is 5.76 Å². The van der Waals surface area contributed by atoms with Crippen molar-refractivity contribution >= 4 is 5.91 Å². The third kappa shape index (κ3) is 3.42. The van der Waals surface area contributed by atoms with Crippen LogP contribution in [0.4, 0.5) is 0 Å². The number of hydrogen-bond donors (Lipinski definition) is 3. The molecule has 0 radical (unpaired) electrons. The van der Waals surface area contributed by atoms with Crippen LogP contribution in [0.1, 0.15) is 40.8 Å². The van der Waals surface area contributed by atoms with E-state index in [1.165, 1.54) is 6.07 Å². The number of methoxy groups -OCH3 is 1. The van der Waals surface area contributed by atoms with Crippen molar-refractivity contribution < 1.29 is 24.2 Å². The first-order chi connectivity index (χ1) is 11.6. The molecule has 2 heterocycles. The van der Waals surface area contributed by atoms with Gasteiger partial charge in [-0.15, -0.1) is 0 Å². The number of ether oxygens (including phenoxy) is 1. The monoisotopic (exact) mass is 332 g/mol. The molecule has 1 saturated carbocycles. The normalized spacial score (nSPS) is 21.0. The molecule has 0 aliphatic heterocycles. The van der Waals surface area contributed by atoms with Crippen LogP contribution in [0.5, 0.6) is 5.75 Å². The van der Waals surface area contributed by atoms with Gasteiger partial charge in [0.05, 0.1) is 25.5 Å². The van der Waals surface area contributed by atoms with Gasteiger partial charge in [-0.05, 0) is 42.5 Å². The van der Waals surface area contributed by atoms with E-state index in [0.717, 1.165) is 5.56 Å². The molecule has 1 fully saturated rings. The molecular formula is C17H20N2O5. The zero-order chi connectivity index (χ0) is 17.1. The SMILES string of the molecule is COc1cncc([C@H](NC(=O)c2ccc(CO)o2)C2CC(O)C2)c1. The zero-order valence-electron chi connectivity index (χ0n) is 13.3. The molecule has 3 N–H and O–H groups in total. The molecule has 1 aliphatic carbocycles. The molecule has 2 aromatic heterocycles. The lowest BCUT2D eigenvalue weighted by Crippen LogP contribution is -2.41. The number of hydrogen-bond acceptors (Lipinski definition) is 6. The van der Waals surface area contributed by atoms with E-state index >= 15 is 0 Å². The van der Waals surface area contributed by atoms with Crippen LogP contribution in [0.2, 0.25) is 0 Å². The largest absolute Gasteiger partial charge is 0.495 e. The van der Waals surface area contributed by atoms with Crippen LogP contribution in [0.3, 0.4) is 0 Å². The molecule has 0 bridgehead atoms. The van der Waals surface area contributed by atoms with E-state index in [-0.39, 0.29) is 36.3 Å². The highest BCUT2D eigenvalue weighted by Gasteiger charge is 2.36. The predicted octanol–water partition coefficient (Wildman–Crippen LogP) is 1.42. The van der Waals surface area contributed by atoms with Gasteiger partial charge in [-0.1, -0.05) is 0 Å². The van der Waals surface area contributed by atoms with Crippen LogP contribution in [0.25, 0.3) is 0 Å². The van der Waals surface area contributed by atoms with Gasteiger partial charge in [0.25, 0.3) is 5.91 Å². The van der Waals surface area contributed by atoms with Crippen LogP contribution < -0.4 is 10.1 Å². The number of aliphatic hydroxyl groups is 2. The molecule has 1 atom stereocenters. The molecule has 24 heavy (non-hydrogen) atoms. The number of aliphatic hydroxyl groups excluding tert-OH is 2. The summed E-state index contributed by atoms with van der Waals surface area (Å²) in [7, 11) is 1.56. The fraction of sp³-hybridized carbons (Fsp3) is 0.412. The summed E-state index contributed by atoms with van der Waals surface area (Å²) in [6.45, 7) is -0.259. The minimum atomic E-state index is -0.371. The minimum absolute atomic E-state index is 0.116. The Morgan fingerprint density at radius 2 is 2.25 bits per heavy atom. The highest BCUT2D eigenvalue weighted by molar-refractivity contribution is 5.91. The third-order valence-corrected chi connectivity index (χ3v) is 4.28. The number of nitrogens with zero attached hydrogens (tertiary/aromatic N) is 1. The van der Waals surface area contributed by atoms with E-state index in [4.69, 9.17) is 14.3 Å². The molecule has 128 valence electrons. The summed E-state index contributed by atoms with van der Waals surface area (Å²) in [6, 6.07) is 4.61. The van der Waals surface area contributed by atoms with Crippen molar-refractivity contribution in [1.29, 1.82) is 0 Å². The number of pyridine rings is 1. The first kappa shape index (κ1) is 16.5. The first-order valence-electron chi connectivity index (χ1n) is 7.78. The molecule has 7 nitrogen and oxygen atoms in total. The van der Waals surface area contributed by atoms with Crippen LogP contribution in [-0.2, 0) is 6.61 Å². The number of rotatable bonds is 6. The molecule has 0 spiro atoms. The summed E-state index contributed by atoms with van der Waals surface area (Å²) in [5.74, 6) is 0.819. The van der Waals surface area contributed by atoms with Gasteiger partial charge in [0, 0.05) is 6.20 Å². The Labute approximate surface area is 139 Å². The van der Waals surface area contributed by atoms with Crippen molar-refractivity contribution in [3.8, 4) is 5.75 Å². The van der Waals surface area contributed by atoms with Gasteiger partial charge in [-0.25, -0.2) is 0 Å². The highest BCUT2D eigenvalue weighted by Crippen LogP contribution is 2.38. The Bertz CT molecular complexity index is 709.